The summed E-state index contributed by atoms with van der Waals surface area (Å²) in [5.74, 6) is 0.403. The first-order valence-corrected chi connectivity index (χ1v) is 4.75. The summed E-state index contributed by atoms with van der Waals surface area (Å²) in [6.45, 7) is 1.81. The van der Waals surface area contributed by atoms with E-state index in [0.717, 1.165) is 5.76 Å². The number of furan rings is 1. The van der Waals surface area contributed by atoms with Crippen molar-refractivity contribution in [1.82, 2.24) is 0 Å². The molecule has 0 N–H and O–H groups in total. The Kier molecular flexibility index (Phi) is 3.54. The van der Waals surface area contributed by atoms with E-state index in [1.54, 1.807) is 6.07 Å². The molecule has 0 aliphatic carbocycles. The maximum absolute atomic E-state index is 11.0. The molecule has 72 valence electrons. The average molecular weight is 247 g/mol. The van der Waals surface area contributed by atoms with E-state index < -0.39 is 0 Å². The van der Waals surface area contributed by atoms with Gasteiger partial charge in [0, 0.05) is 6.42 Å². The Morgan fingerprint density at radius 2 is 2.38 bits per heavy atom. The number of methoxy groups -OCH3 is 1. The van der Waals surface area contributed by atoms with Gasteiger partial charge in [-0.15, -0.1) is 0 Å². The minimum absolute atomic E-state index is 0.164. The van der Waals surface area contributed by atoms with Gasteiger partial charge in [-0.3, -0.25) is 4.79 Å². The van der Waals surface area contributed by atoms with Crippen molar-refractivity contribution in [2.45, 2.75) is 13.3 Å². The van der Waals surface area contributed by atoms with Crippen LogP contribution in [0.1, 0.15) is 12.7 Å². The monoisotopic (exact) mass is 246 g/mol. The SMILES string of the molecule is COC(=O)[C@H](C)Cc1ccc(Br)o1. The van der Waals surface area contributed by atoms with Crippen LogP contribution in [0, 0.1) is 5.92 Å². The Morgan fingerprint density at radius 1 is 1.69 bits per heavy atom. The topological polar surface area (TPSA) is 39.4 Å². The van der Waals surface area contributed by atoms with Crippen LogP contribution < -0.4 is 0 Å². The van der Waals surface area contributed by atoms with Crippen molar-refractivity contribution in [3.05, 3.63) is 22.6 Å². The molecule has 1 aromatic rings. The second-order valence-electron chi connectivity index (χ2n) is 2.83. The number of hydrogen-bond donors (Lipinski definition) is 0. The summed E-state index contributed by atoms with van der Waals surface area (Å²) in [6, 6.07) is 3.64. The largest absolute Gasteiger partial charge is 0.469 e. The van der Waals surface area contributed by atoms with Crippen molar-refractivity contribution < 1.29 is 13.9 Å². The van der Waals surface area contributed by atoms with Gasteiger partial charge in [0.15, 0.2) is 4.67 Å². The second kappa shape index (κ2) is 4.46. The van der Waals surface area contributed by atoms with Crippen LogP contribution in [0.15, 0.2) is 21.2 Å². The van der Waals surface area contributed by atoms with E-state index in [-0.39, 0.29) is 11.9 Å². The Hall–Kier alpha value is -0.770. The summed E-state index contributed by atoms with van der Waals surface area (Å²) in [7, 11) is 1.39. The standard InChI is InChI=1S/C9H11BrO3/c1-6(9(11)12-2)5-7-3-4-8(10)13-7/h3-4,6H,5H2,1-2H3/t6-/m1/s1. The summed E-state index contributed by atoms with van der Waals surface area (Å²) in [5.41, 5.74) is 0. The Morgan fingerprint density at radius 3 is 2.85 bits per heavy atom. The molecule has 0 amide bonds. The normalized spacial score (nSPS) is 12.5. The van der Waals surface area contributed by atoms with E-state index in [1.807, 2.05) is 13.0 Å². The average Bonchev–Trinajstić information content (AvgIpc) is 2.49. The van der Waals surface area contributed by atoms with Crippen molar-refractivity contribution in [1.29, 1.82) is 0 Å². The molecule has 13 heavy (non-hydrogen) atoms. The molecule has 1 rings (SSSR count). The highest BCUT2D eigenvalue weighted by Crippen LogP contribution is 2.17. The van der Waals surface area contributed by atoms with E-state index in [2.05, 4.69) is 20.7 Å². The zero-order valence-electron chi connectivity index (χ0n) is 7.54. The first-order chi connectivity index (χ1) is 6.13. The molecule has 0 saturated carbocycles. The molecule has 1 aromatic heterocycles. The van der Waals surface area contributed by atoms with Gasteiger partial charge in [0.2, 0.25) is 0 Å². The van der Waals surface area contributed by atoms with Crippen LogP contribution >= 0.6 is 15.9 Å². The number of esters is 1. The Labute approximate surface area is 85.2 Å². The molecule has 0 bridgehead atoms. The maximum atomic E-state index is 11.0. The Balaban J connectivity index is 2.54. The van der Waals surface area contributed by atoms with Crippen LogP contribution in [0.25, 0.3) is 0 Å². The highest BCUT2D eigenvalue weighted by Gasteiger charge is 2.15. The maximum Gasteiger partial charge on any atom is 0.308 e. The molecular formula is C9H11BrO3. The van der Waals surface area contributed by atoms with Gasteiger partial charge in [-0.1, -0.05) is 6.92 Å². The van der Waals surface area contributed by atoms with Gasteiger partial charge >= 0.3 is 5.97 Å². The molecule has 1 atom stereocenters. The van der Waals surface area contributed by atoms with E-state index in [1.165, 1.54) is 7.11 Å². The molecule has 0 spiro atoms. The lowest BCUT2D eigenvalue weighted by Crippen LogP contribution is -2.14. The minimum atomic E-state index is -0.215. The predicted molar refractivity (Wildman–Crippen MR) is 51.3 cm³/mol. The highest BCUT2D eigenvalue weighted by molar-refractivity contribution is 9.10. The number of rotatable bonds is 3. The van der Waals surface area contributed by atoms with E-state index in [9.17, 15) is 4.79 Å². The molecule has 0 saturated heterocycles. The third-order valence-corrected chi connectivity index (χ3v) is 2.17. The number of carbonyl (C=O) groups excluding carboxylic acids is 1. The lowest BCUT2D eigenvalue weighted by Gasteiger charge is -2.05. The summed E-state index contributed by atoms with van der Waals surface area (Å²) < 4.78 is 10.5. The van der Waals surface area contributed by atoms with Gasteiger partial charge in [0.1, 0.15) is 5.76 Å². The quantitative estimate of drug-likeness (QED) is 0.770. The number of ether oxygens (including phenoxy) is 1. The van der Waals surface area contributed by atoms with Crippen LogP contribution in [-0.2, 0) is 16.0 Å². The lowest BCUT2D eigenvalue weighted by atomic mass is 10.1. The van der Waals surface area contributed by atoms with Gasteiger partial charge in [-0.25, -0.2) is 0 Å². The van der Waals surface area contributed by atoms with Gasteiger partial charge in [-0.2, -0.15) is 0 Å². The summed E-state index contributed by atoms with van der Waals surface area (Å²) in [5, 5.41) is 0. The first kappa shape index (κ1) is 10.3. The van der Waals surface area contributed by atoms with E-state index in [0.29, 0.717) is 11.1 Å². The number of carbonyl (C=O) groups is 1. The molecule has 3 nitrogen and oxygen atoms in total. The molecular weight excluding hydrogens is 236 g/mol. The van der Waals surface area contributed by atoms with Gasteiger partial charge in [-0.05, 0) is 28.1 Å². The fraction of sp³-hybridized carbons (Fsp3) is 0.444. The van der Waals surface area contributed by atoms with Crippen LogP contribution in [0.5, 0.6) is 0 Å². The third-order valence-electron chi connectivity index (χ3n) is 1.74. The Bertz CT molecular complexity index is 293. The number of halogens is 1. The highest BCUT2D eigenvalue weighted by atomic mass is 79.9. The third kappa shape index (κ3) is 2.88. The van der Waals surface area contributed by atoms with Gasteiger partial charge in [0.05, 0.1) is 13.0 Å². The molecule has 0 fully saturated rings. The second-order valence-corrected chi connectivity index (χ2v) is 3.62. The van der Waals surface area contributed by atoms with E-state index >= 15 is 0 Å². The van der Waals surface area contributed by atoms with Crippen molar-refractivity contribution in [2.75, 3.05) is 7.11 Å². The van der Waals surface area contributed by atoms with Crippen LogP contribution in [-0.4, -0.2) is 13.1 Å². The van der Waals surface area contributed by atoms with Gasteiger partial charge in [0.25, 0.3) is 0 Å². The smallest absolute Gasteiger partial charge is 0.308 e. The molecule has 0 aliphatic heterocycles. The number of hydrogen-bond acceptors (Lipinski definition) is 3. The molecule has 0 aliphatic rings. The first-order valence-electron chi connectivity index (χ1n) is 3.95. The van der Waals surface area contributed by atoms with Crippen LogP contribution in [0.3, 0.4) is 0 Å². The zero-order valence-corrected chi connectivity index (χ0v) is 9.13. The fourth-order valence-corrected chi connectivity index (χ4v) is 1.39. The van der Waals surface area contributed by atoms with Crippen molar-refractivity contribution >= 4 is 21.9 Å². The molecule has 0 radical (unpaired) electrons. The summed E-state index contributed by atoms with van der Waals surface area (Å²) in [6.07, 6.45) is 0.568. The van der Waals surface area contributed by atoms with Gasteiger partial charge < -0.3 is 9.15 Å². The summed E-state index contributed by atoms with van der Waals surface area (Å²) >= 11 is 3.19. The van der Waals surface area contributed by atoms with Crippen molar-refractivity contribution in [3.8, 4) is 0 Å². The molecule has 0 aromatic carbocycles. The van der Waals surface area contributed by atoms with Crippen LogP contribution in [0.2, 0.25) is 0 Å². The van der Waals surface area contributed by atoms with E-state index in [4.69, 9.17) is 4.42 Å². The minimum Gasteiger partial charge on any atom is -0.469 e. The molecule has 1 heterocycles. The molecule has 0 unspecified atom stereocenters. The zero-order chi connectivity index (χ0) is 9.84. The lowest BCUT2D eigenvalue weighted by molar-refractivity contribution is -0.144. The van der Waals surface area contributed by atoms with Crippen LogP contribution in [0.4, 0.5) is 0 Å². The van der Waals surface area contributed by atoms with Crippen molar-refractivity contribution in [3.63, 3.8) is 0 Å². The van der Waals surface area contributed by atoms with Crippen molar-refractivity contribution in [2.24, 2.45) is 5.92 Å². The molecule has 4 heteroatoms. The fourth-order valence-electron chi connectivity index (χ4n) is 1.05. The predicted octanol–water partition coefficient (Wildman–Crippen LogP) is 2.39. The summed E-state index contributed by atoms with van der Waals surface area (Å²) in [4.78, 5) is 11.0.